The van der Waals surface area contributed by atoms with Crippen molar-refractivity contribution in [3.05, 3.63) is 145 Å². The molecule has 0 fully saturated rings. The number of rotatable bonds is 2. The molecule has 0 amide bonds. The Morgan fingerprint density at radius 1 is 0.532 bits per heavy atom. The number of fused-ring (bicyclic) bond motifs is 11. The van der Waals surface area contributed by atoms with Crippen LogP contribution in [-0.2, 0) is 6.42 Å². The first-order valence-electron chi connectivity index (χ1n) is 16.2. The maximum atomic E-state index is 6.90. The van der Waals surface area contributed by atoms with Crippen LogP contribution in [0.4, 0.5) is 17.1 Å². The first-order valence-corrected chi connectivity index (χ1v) is 16.2. The maximum absolute atomic E-state index is 6.90. The van der Waals surface area contributed by atoms with Crippen LogP contribution in [-0.4, -0.2) is 9.13 Å². The van der Waals surface area contributed by atoms with Crippen LogP contribution in [0.25, 0.3) is 50.2 Å². The van der Waals surface area contributed by atoms with E-state index in [9.17, 15) is 0 Å². The molecule has 0 unspecified atom stereocenters. The summed E-state index contributed by atoms with van der Waals surface area (Å²) in [7, 11) is 0. The van der Waals surface area contributed by atoms with Crippen molar-refractivity contribution >= 4 is 55.8 Å². The third kappa shape index (κ3) is 3.27. The molecule has 2 aromatic heterocycles. The Morgan fingerprint density at radius 3 is 2.09 bits per heavy atom. The fourth-order valence-corrected chi connectivity index (χ4v) is 8.07. The number of hydrogen-bond donors (Lipinski definition) is 0. The Labute approximate surface area is 270 Å². The van der Waals surface area contributed by atoms with Gasteiger partial charge in [0.05, 0.1) is 39.0 Å². The number of benzene rings is 6. The average molecular weight is 606 g/mol. The van der Waals surface area contributed by atoms with E-state index in [4.69, 9.17) is 9.47 Å². The molecule has 0 atom stereocenters. The molecule has 11 rings (SSSR count). The molecule has 8 aromatic rings. The van der Waals surface area contributed by atoms with Crippen molar-refractivity contribution < 1.29 is 9.47 Å². The molecule has 0 bridgehead atoms. The van der Waals surface area contributed by atoms with Crippen molar-refractivity contribution in [2.45, 2.75) is 12.8 Å². The standard InChI is InChI=1S/C42H27N3O2/c1-2-13-26(14-3-1)43-29-17-6-4-15-27(29)39-33(43)21-12-22-34(39)44-30-18-7-5-16-28(30)40-35(44)25-38-41-42(40)47-37-24-11-9-20-32(37)45(41)31-19-8-10-23-36(31)46-38/h1-3,5-14,16-25H,4,15H2. The molecule has 0 spiro atoms. The van der Waals surface area contributed by atoms with Gasteiger partial charge in [0.2, 0.25) is 0 Å². The highest BCUT2D eigenvalue weighted by Gasteiger charge is 2.37. The normalized spacial score (nSPS) is 14.0. The third-order valence-electron chi connectivity index (χ3n) is 9.93. The van der Waals surface area contributed by atoms with Gasteiger partial charge in [-0.3, -0.25) is 4.90 Å². The van der Waals surface area contributed by atoms with Gasteiger partial charge in [0.25, 0.3) is 0 Å². The van der Waals surface area contributed by atoms with Crippen molar-refractivity contribution in [2.24, 2.45) is 0 Å². The van der Waals surface area contributed by atoms with E-state index in [0.29, 0.717) is 0 Å². The summed E-state index contributed by atoms with van der Waals surface area (Å²) < 4.78 is 18.5. The van der Waals surface area contributed by atoms with Gasteiger partial charge in [-0.1, -0.05) is 72.8 Å². The maximum Gasteiger partial charge on any atom is 0.165 e. The second-order valence-electron chi connectivity index (χ2n) is 12.4. The second kappa shape index (κ2) is 9.18. The molecule has 1 aliphatic carbocycles. The minimum atomic E-state index is 0.781. The zero-order chi connectivity index (χ0) is 30.6. The molecule has 0 saturated carbocycles. The van der Waals surface area contributed by atoms with E-state index in [1.165, 1.54) is 27.8 Å². The summed E-state index contributed by atoms with van der Waals surface area (Å²) in [6.07, 6.45) is 6.61. The molecule has 222 valence electrons. The van der Waals surface area contributed by atoms with Gasteiger partial charge in [-0.15, -0.1) is 0 Å². The largest absolute Gasteiger partial charge is 0.453 e. The van der Waals surface area contributed by atoms with E-state index in [0.717, 1.165) is 80.4 Å². The summed E-state index contributed by atoms with van der Waals surface area (Å²) in [6, 6.07) is 44.9. The fourth-order valence-electron chi connectivity index (χ4n) is 8.07. The summed E-state index contributed by atoms with van der Waals surface area (Å²) in [5.74, 6) is 3.26. The monoisotopic (exact) mass is 605 g/mol. The molecule has 47 heavy (non-hydrogen) atoms. The molecule has 2 aliphatic heterocycles. The first kappa shape index (κ1) is 25.0. The molecular formula is C42H27N3O2. The van der Waals surface area contributed by atoms with Gasteiger partial charge >= 0.3 is 0 Å². The van der Waals surface area contributed by atoms with Crippen LogP contribution < -0.4 is 14.4 Å². The summed E-state index contributed by atoms with van der Waals surface area (Å²) in [5.41, 5.74) is 11.3. The number of aromatic nitrogens is 2. The molecular weight excluding hydrogens is 578 g/mol. The zero-order valence-corrected chi connectivity index (χ0v) is 25.4. The van der Waals surface area contributed by atoms with Crippen LogP contribution in [0.15, 0.2) is 133 Å². The lowest BCUT2D eigenvalue weighted by Crippen LogP contribution is -2.20. The van der Waals surface area contributed by atoms with Crippen LogP contribution in [0.3, 0.4) is 0 Å². The van der Waals surface area contributed by atoms with E-state index in [1.54, 1.807) is 0 Å². The van der Waals surface area contributed by atoms with Gasteiger partial charge in [0.1, 0.15) is 5.69 Å². The predicted octanol–water partition coefficient (Wildman–Crippen LogP) is 11.4. The molecule has 5 nitrogen and oxygen atoms in total. The van der Waals surface area contributed by atoms with E-state index in [2.05, 4.69) is 135 Å². The van der Waals surface area contributed by atoms with Crippen LogP contribution in [0.5, 0.6) is 23.0 Å². The van der Waals surface area contributed by atoms with Gasteiger partial charge < -0.3 is 18.6 Å². The topological polar surface area (TPSA) is 31.6 Å². The molecule has 0 saturated heterocycles. The van der Waals surface area contributed by atoms with E-state index >= 15 is 0 Å². The van der Waals surface area contributed by atoms with Crippen LogP contribution in [0, 0.1) is 0 Å². The summed E-state index contributed by atoms with van der Waals surface area (Å²) in [4.78, 5) is 2.30. The number of anilines is 3. The SMILES string of the molecule is C1=Cc2c(c3c(-n4c5ccccc5c5c6c7c(cc54)Oc4ccccc4N7c4ccccc4O6)cccc3n2-c2ccccc2)CC1. The lowest BCUT2D eigenvalue weighted by atomic mass is 9.99. The quantitative estimate of drug-likeness (QED) is 0.196. The Hall–Kier alpha value is -6.20. The minimum absolute atomic E-state index is 0.781. The van der Waals surface area contributed by atoms with Gasteiger partial charge in [-0.05, 0) is 79.1 Å². The van der Waals surface area contributed by atoms with Crippen molar-refractivity contribution in [1.29, 1.82) is 0 Å². The third-order valence-corrected chi connectivity index (χ3v) is 9.93. The average Bonchev–Trinajstić information content (AvgIpc) is 3.65. The Kier molecular flexibility index (Phi) is 4.89. The van der Waals surface area contributed by atoms with E-state index in [-0.39, 0.29) is 0 Å². The minimum Gasteiger partial charge on any atom is -0.453 e. The van der Waals surface area contributed by atoms with Gasteiger partial charge in [-0.2, -0.15) is 0 Å². The Bertz CT molecular complexity index is 2630. The number of para-hydroxylation sites is 6. The smallest absolute Gasteiger partial charge is 0.165 e. The highest BCUT2D eigenvalue weighted by atomic mass is 16.5. The first-order chi connectivity index (χ1) is 23.3. The molecule has 6 aromatic carbocycles. The van der Waals surface area contributed by atoms with Crippen LogP contribution in [0.1, 0.15) is 17.7 Å². The number of ether oxygens (including phenoxy) is 2. The van der Waals surface area contributed by atoms with Crippen molar-refractivity contribution in [3.63, 3.8) is 0 Å². The molecule has 0 radical (unpaired) electrons. The Morgan fingerprint density at radius 2 is 1.23 bits per heavy atom. The number of hydrogen-bond acceptors (Lipinski definition) is 3. The highest BCUT2D eigenvalue weighted by molar-refractivity contribution is 6.18. The van der Waals surface area contributed by atoms with Crippen LogP contribution >= 0.6 is 0 Å². The van der Waals surface area contributed by atoms with Crippen molar-refractivity contribution in [3.8, 4) is 34.4 Å². The summed E-state index contributed by atoms with van der Waals surface area (Å²) >= 11 is 0. The summed E-state index contributed by atoms with van der Waals surface area (Å²) in [6.45, 7) is 0. The zero-order valence-electron chi connectivity index (χ0n) is 25.4. The van der Waals surface area contributed by atoms with E-state index in [1.807, 2.05) is 18.2 Å². The lowest BCUT2D eigenvalue weighted by Gasteiger charge is -2.38. The Balaban J connectivity index is 1.28. The number of allylic oxidation sites excluding steroid dienone is 1. The van der Waals surface area contributed by atoms with Gasteiger partial charge in [0, 0.05) is 28.2 Å². The fraction of sp³-hybridized carbons (Fsp3) is 0.0476. The van der Waals surface area contributed by atoms with Crippen molar-refractivity contribution in [2.75, 3.05) is 4.90 Å². The molecule has 0 N–H and O–H groups in total. The van der Waals surface area contributed by atoms with E-state index < -0.39 is 0 Å². The lowest BCUT2D eigenvalue weighted by molar-refractivity contribution is 0.450. The molecule has 3 aliphatic rings. The highest BCUT2D eigenvalue weighted by Crippen LogP contribution is 2.62. The predicted molar refractivity (Wildman–Crippen MR) is 190 cm³/mol. The second-order valence-corrected chi connectivity index (χ2v) is 12.4. The van der Waals surface area contributed by atoms with Gasteiger partial charge in [-0.25, -0.2) is 0 Å². The molecule has 4 heterocycles. The molecule has 5 heteroatoms. The number of aryl methyl sites for hydroxylation is 1. The summed E-state index contributed by atoms with van der Waals surface area (Å²) in [5, 5.41) is 3.51. The number of nitrogens with zero attached hydrogens (tertiary/aromatic N) is 3. The van der Waals surface area contributed by atoms with Crippen LogP contribution in [0.2, 0.25) is 0 Å². The van der Waals surface area contributed by atoms with Crippen molar-refractivity contribution in [1.82, 2.24) is 9.13 Å². The van der Waals surface area contributed by atoms with Gasteiger partial charge in [0.15, 0.2) is 23.0 Å².